The highest BCUT2D eigenvalue weighted by Crippen LogP contribution is 2.27. The number of carbonyl (C=O) groups excluding carboxylic acids is 1. The molecule has 4 aromatic rings. The van der Waals surface area contributed by atoms with Crippen LogP contribution in [0.2, 0.25) is 5.02 Å². The van der Waals surface area contributed by atoms with Crippen molar-refractivity contribution in [2.75, 3.05) is 16.2 Å². The quantitative estimate of drug-likeness (QED) is 0.429. The number of benzene rings is 3. The molecule has 0 fully saturated rings. The summed E-state index contributed by atoms with van der Waals surface area (Å²) in [5, 5.41) is 13.9. The number of anilines is 2. The Kier molecular flexibility index (Phi) is 6.38. The summed E-state index contributed by atoms with van der Waals surface area (Å²) in [6.45, 7) is 1.96. The van der Waals surface area contributed by atoms with Crippen molar-refractivity contribution in [2.24, 2.45) is 0 Å². The molecule has 168 valence electrons. The summed E-state index contributed by atoms with van der Waals surface area (Å²) < 4.78 is 29.3. The van der Waals surface area contributed by atoms with Crippen molar-refractivity contribution in [3.8, 4) is 5.69 Å². The standard InChI is InChI=1S/C22H19ClN6O3S/c1-2-29(17-8-4-3-5-9-17)33(31,32)19-11-12-21(23)20(14-19)22(30)25-16-7-6-10-18(13-16)28-15-24-26-27-28/h3-15H,2H2,1H3,(H,25,30). The molecular formula is C22H19ClN6O3S. The van der Waals surface area contributed by atoms with E-state index in [0.29, 0.717) is 17.1 Å². The number of tetrazole rings is 1. The molecule has 0 saturated carbocycles. The molecule has 0 unspecified atom stereocenters. The van der Waals surface area contributed by atoms with Crippen molar-refractivity contribution in [3.63, 3.8) is 0 Å². The van der Waals surface area contributed by atoms with Gasteiger partial charge in [0.2, 0.25) is 0 Å². The minimum atomic E-state index is -3.92. The second kappa shape index (κ2) is 9.39. The van der Waals surface area contributed by atoms with Gasteiger partial charge in [0.1, 0.15) is 6.33 Å². The van der Waals surface area contributed by atoms with Crippen molar-refractivity contribution in [2.45, 2.75) is 11.8 Å². The Balaban J connectivity index is 1.63. The van der Waals surface area contributed by atoms with Crippen LogP contribution >= 0.6 is 11.6 Å². The lowest BCUT2D eigenvalue weighted by molar-refractivity contribution is 0.102. The van der Waals surface area contributed by atoms with E-state index in [2.05, 4.69) is 20.8 Å². The number of amides is 1. The number of nitrogens with one attached hydrogen (secondary N) is 1. The molecule has 0 aliphatic rings. The van der Waals surface area contributed by atoms with Crippen LogP contribution in [0, 0.1) is 0 Å². The average molecular weight is 483 g/mol. The molecule has 0 saturated heterocycles. The van der Waals surface area contributed by atoms with Crippen LogP contribution in [0.4, 0.5) is 11.4 Å². The molecule has 0 aliphatic heterocycles. The third kappa shape index (κ3) is 4.71. The highest BCUT2D eigenvalue weighted by Gasteiger charge is 2.25. The van der Waals surface area contributed by atoms with Crippen molar-refractivity contribution in [1.82, 2.24) is 20.2 Å². The van der Waals surface area contributed by atoms with Crippen molar-refractivity contribution >= 4 is 38.9 Å². The van der Waals surface area contributed by atoms with E-state index in [1.165, 1.54) is 33.5 Å². The Morgan fingerprint density at radius 3 is 2.55 bits per heavy atom. The Morgan fingerprint density at radius 1 is 1.06 bits per heavy atom. The van der Waals surface area contributed by atoms with Gasteiger partial charge in [0, 0.05) is 12.2 Å². The van der Waals surface area contributed by atoms with Gasteiger partial charge >= 0.3 is 0 Å². The topological polar surface area (TPSA) is 110 Å². The molecule has 1 heterocycles. The van der Waals surface area contributed by atoms with E-state index in [1.807, 2.05) is 6.07 Å². The first-order valence-electron chi connectivity index (χ1n) is 9.92. The van der Waals surface area contributed by atoms with E-state index < -0.39 is 15.9 Å². The van der Waals surface area contributed by atoms with Crippen LogP contribution in [0.25, 0.3) is 5.69 Å². The van der Waals surface area contributed by atoms with Gasteiger partial charge in [-0.2, -0.15) is 0 Å². The Hall–Kier alpha value is -3.76. The third-order valence-electron chi connectivity index (χ3n) is 4.82. The molecule has 0 spiro atoms. The first kappa shape index (κ1) is 22.4. The first-order chi connectivity index (χ1) is 15.9. The molecule has 3 aromatic carbocycles. The number of sulfonamides is 1. The third-order valence-corrected chi connectivity index (χ3v) is 7.05. The fourth-order valence-corrected chi connectivity index (χ4v) is 4.96. The van der Waals surface area contributed by atoms with Gasteiger partial charge in [-0.25, -0.2) is 13.1 Å². The van der Waals surface area contributed by atoms with Gasteiger partial charge in [0.05, 0.1) is 26.9 Å². The maximum absolute atomic E-state index is 13.3. The van der Waals surface area contributed by atoms with Gasteiger partial charge in [-0.05, 0) is 65.9 Å². The largest absolute Gasteiger partial charge is 0.322 e. The predicted molar refractivity (Wildman–Crippen MR) is 125 cm³/mol. The lowest BCUT2D eigenvalue weighted by Gasteiger charge is -2.23. The molecule has 1 aromatic heterocycles. The van der Waals surface area contributed by atoms with Crippen molar-refractivity contribution < 1.29 is 13.2 Å². The van der Waals surface area contributed by atoms with Crippen LogP contribution < -0.4 is 9.62 Å². The molecule has 9 nitrogen and oxygen atoms in total. The summed E-state index contributed by atoms with van der Waals surface area (Å²) in [6.07, 6.45) is 1.43. The number of nitrogens with zero attached hydrogens (tertiary/aromatic N) is 5. The number of aromatic nitrogens is 4. The zero-order valence-electron chi connectivity index (χ0n) is 17.5. The lowest BCUT2D eigenvalue weighted by Crippen LogP contribution is -2.31. The number of hydrogen-bond donors (Lipinski definition) is 1. The second-order valence-electron chi connectivity index (χ2n) is 6.91. The highest BCUT2D eigenvalue weighted by molar-refractivity contribution is 7.92. The summed E-state index contributed by atoms with van der Waals surface area (Å²) >= 11 is 6.25. The molecule has 0 radical (unpaired) electrons. The zero-order valence-corrected chi connectivity index (χ0v) is 19.0. The monoisotopic (exact) mass is 482 g/mol. The van der Waals surface area contributed by atoms with Crippen LogP contribution in [0.15, 0.2) is 84.0 Å². The Labute approximate surface area is 195 Å². The number of para-hydroxylation sites is 1. The van der Waals surface area contributed by atoms with Crippen molar-refractivity contribution in [1.29, 1.82) is 0 Å². The Bertz CT molecular complexity index is 1380. The number of carbonyl (C=O) groups is 1. The smallest absolute Gasteiger partial charge is 0.264 e. The van der Waals surface area contributed by atoms with E-state index in [4.69, 9.17) is 11.6 Å². The number of rotatable bonds is 7. The fraction of sp³-hybridized carbons (Fsp3) is 0.0909. The molecule has 0 bridgehead atoms. The average Bonchev–Trinajstić information content (AvgIpc) is 3.35. The van der Waals surface area contributed by atoms with Gasteiger partial charge in [-0.3, -0.25) is 9.10 Å². The van der Waals surface area contributed by atoms with E-state index in [0.717, 1.165) is 0 Å². The van der Waals surface area contributed by atoms with Gasteiger partial charge in [-0.1, -0.05) is 35.9 Å². The highest BCUT2D eigenvalue weighted by atomic mass is 35.5. The van der Waals surface area contributed by atoms with Gasteiger partial charge < -0.3 is 5.32 Å². The molecule has 0 atom stereocenters. The first-order valence-corrected chi connectivity index (χ1v) is 11.7. The SMILES string of the molecule is CCN(c1ccccc1)S(=O)(=O)c1ccc(Cl)c(C(=O)Nc2cccc(-n3cnnn3)c2)c1. The van der Waals surface area contributed by atoms with Gasteiger partial charge in [0.15, 0.2) is 0 Å². The number of hydrogen-bond acceptors (Lipinski definition) is 6. The predicted octanol–water partition coefficient (Wildman–Crippen LogP) is 3.78. The van der Waals surface area contributed by atoms with E-state index in [1.54, 1.807) is 55.5 Å². The zero-order chi connectivity index (χ0) is 23.4. The molecule has 33 heavy (non-hydrogen) atoms. The van der Waals surface area contributed by atoms with Crippen LogP contribution in [-0.2, 0) is 10.0 Å². The van der Waals surface area contributed by atoms with E-state index in [-0.39, 0.29) is 22.0 Å². The molecule has 0 aliphatic carbocycles. The molecule has 1 amide bonds. The minimum absolute atomic E-state index is 0.0367. The summed E-state index contributed by atoms with van der Waals surface area (Å²) in [5.74, 6) is -0.548. The fourth-order valence-electron chi connectivity index (χ4n) is 3.26. The van der Waals surface area contributed by atoms with Crippen molar-refractivity contribution in [3.05, 3.63) is 89.7 Å². The summed E-state index contributed by atoms with van der Waals surface area (Å²) in [6, 6.07) is 19.7. The normalized spacial score (nSPS) is 11.2. The molecule has 1 N–H and O–H groups in total. The summed E-state index contributed by atoms with van der Waals surface area (Å²) in [7, 11) is -3.92. The van der Waals surface area contributed by atoms with Crippen LogP contribution in [0.5, 0.6) is 0 Å². The maximum Gasteiger partial charge on any atom is 0.264 e. The number of halogens is 1. The van der Waals surface area contributed by atoms with Crippen LogP contribution in [0.3, 0.4) is 0 Å². The molecule has 11 heteroatoms. The van der Waals surface area contributed by atoms with Crippen LogP contribution in [0.1, 0.15) is 17.3 Å². The van der Waals surface area contributed by atoms with Gasteiger partial charge in [0.25, 0.3) is 15.9 Å². The van der Waals surface area contributed by atoms with Crippen LogP contribution in [-0.4, -0.2) is 41.1 Å². The van der Waals surface area contributed by atoms with Gasteiger partial charge in [-0.15, -0.1) is 5.10 Å². The minimum Gasteiger partial charge on any atom is -0.322 e. The Morgan fingerprint density at radius 2 is 1.85 bits per heavy atom. The second-order valence-corrected chi connectivity index (χ2v) is 9.18. The molecule has 4 rings (SSSR count). The van der Waals surface area contributed by atoms with E-state index >= 15 is 0 Å². The summed E-state index contributed by atoms with van der Waals surface area (Å²) in [4.78, 5) is 12.9. The maximum atomic E-state index is 13.3. The molecular weight excluding hydrogens is 464 g/mol. The summed E-state index contributed by atoms with van der Waals surface area (Å²) in [5.41, 5.74) is 1.67. The van der Waals surface area contributed by atoms with E-state index in [9.17, 15) is 13.2 Å². The lowest BCUT2D eigenvalue weighted by atomic mass is 10.2.